The maximum absolute atomic E-state index is 14.7. The van der Waals surface area contributed by atoms with Gasteiger partial charge in [-0.15, -0.1) is 0 Å². The van der Waals surface area contributed by atoms with Gasteiger partial charge in [-0.1, -0.05) is 11.2 Å². The minimum atomic E-state index is -3.27. The zero-order valence-corrected chi connectivity index (χ0v) is 30.1. The normalized spacial score (nSPS) is 29.1. The van der Waals surface area contributed by atoms with Crippen molar-refractivity contribution in [1.82, 2.24) is 5.32 Å². The molecule has 55 heavy (non-hydrogen) atoms. The van der Waals surface area contributed by atoms with Crippen molar-refractivity contribution in [2.45, 2.75) is 62.1 Å². The van der Waals surface area contributed by atoms with E-state index in [0.717, 1.165) is 26.4 Å². The molecule has 0 saturated carbocycles. The average Bonchev–Trinajstić information content (AvgIpc) is 3.12. The predicted octanol–water partition coefficient (Wildman–Crippen LogP) is -0.154. The number of carbonyl (C=O) groups excluding carboxylic acids is 5. The molecule has 1 fully saturated rings. The number of aliphatic hydroxyl groups is 2. The molecule has 19 nitrogen and oxygen atoms in total. The molecule has 0 spiro atoms. The van der Waals surface area contributed by atoms with Gasteiger partial charge in [0.05, 0.1) is 36.1 Å². The number of Topliss-reactive ketones (excluding diaryl/α,β-unsaturated/α-hetero) is 3. The molecule has 3 aliphatic carbocycles. The van der Waals surface area contributed by atoms with Crippen LogP contribution in [0.4, 0.5) is 0 Å². The molecule has 0 amide bonds. The number of hydrogen-bond acceptors (Lipinski definition) is 18. The van der Waals surface area contributed by atoms with Crippen LogP contribution in [0, 0.1) is 6.92 Å². The van der Waals surface area contributed by atoms with Gasteiger partial charge in [-0.25, -0.2) is 9.59 Å². The van der Waals surface area contributed by atoms with Gasteiger partial charge in [0.15, 0.2) is 23.2 Å². The standard InChI is InChI=1S/C36H36N2O17/c1-12-7-14-8-19(40)36(53-6)32(47)23-16(31(46)35(36,49)24(14)28(45)21(12)34(48)52-5)9-15-22(27(23)44)18(39)10-17(26(15)43)37-33-30(51-4)25(38-54-11-20(41)42)29(50-3)13(2)55-33/h7,9-10,13,19,29-30,33,37,40,44-45,49H,8,11H2,1-6H3,(H,41,42)/b38-25-/t13-,19+,29-,30+,33-,35?,36+/m0/s1. The summed E-state index contributed by atoms with van der Waals surface area (Å²) in [5, 5.41) is 62.6. The zero-order valence-electron chi connectivity index (χ0n) is 30.1. The molecule has 19 heteroatoms. The number of aryl methyl sites for hydroxylation is 1. The molecule has 1 saturated heterocycles. The van der Waals surface area contributed by atoms with E-state index >= 15 is 0 Å². The van der Waals surface area contributed by atoms with Crippen molar-refractivity contribution in [2.24, 2.45) is 5.16 Å². The van der Waals surface area contributed by atoms with E-state index in [0.29, 0.717) is 0 Å². The molecule has 0 radical (unpaired) electrons. The van der Waals surface area contributed by atoms with Gasteiger partial charge in [-0.05, 0) is 31.0 Å². The Labute approximate surface area is 311 Å². The predicted molar refractivity (Wildman–Crippen MR) is 181 cm³/mol. The Hall–Kier alpha value is -5.57. The number of nitrogens with one attached hydrogen (secondary N) is 1. The van der Waals surface area contributed by atoms with Crippen LogP contribution in [-0.2, 0) is 45.3 Å². The molecular weight excluding hydrogens is 732 g/mol. The fraction of sp³-hybridized carbons (Fsp3) is 0.417. The minimum absolute atomic E-state index is 0.0285. The summed E-state index contributed by atoms with van der Waals surface area (Å²) in [7, 11) is 4.51. The molecule has 1 aliphatic heterocycles. The number of phenols is 2. The summed E-state index contributed by atoms with van der Waals surface area (Å²) in [4.78, 5) is 85.6. The van der Waals surface area contributed by atoms with Crippen molar-refractivity contribution < 1.29 is 82.8 Å². The molecular formula is C36H36N2O17. The Morgan fingerprint density at radius 1 is 0.982 bits per heavy atom. The topological polar surface area (TPSA) is 283 Å². The lowest BCUT2D eigenvalue weighted by molar-refractivity contribution is -0.181. The van der Waals surface area contributed by atoms with Crippen molar-refractivity contribution in [2.75, 3.05) is 35.0 Å². The third-order valence-corrected chi connectivity index (χ3v) is 10.3. The van der Waals surface area contributed by atoms with Crippen LogP contribution in [0.1, 0.15) is 75.4 Å². The summed E-state index contributed by atoms with van der Waals surface area (Å²) in [6, 6.07) is 2.13. The second-order valence-corrected chi connectivity index (χ2v) is 13.2. The van der Waals surface area contributed by atoms with E-state index in [-0.39, 0.29) is 16.8 Å². The van der Waals surface area contributed by atoms with Gasteiger partial charge in [0.1, 0.15) is 35.0 Å². The van der Waals surface area contributed by atoms with Gasteiger partial charge in [-0.3, -0.25) is 19.2 Å². The number of fused-ring (bicyclic) bond motifs is 5. The number of aliphatic carboxylic acids is 1. The molecule has 6 rings (SSSR count). The molecule has 1 unspecified atom stereocenters. The smallest absolute Gasteiger partial charge is 0.344 e. The Morgan fingerprint density at radius 3 is 2.25 bits per heavy atom. The molecule has 2 aromatic carbocycles. The lowest BCUT2D eigenvalue weighted by atomic mass is 9.56. The number of hydrogen-bond donors (Lipinski definition) is 6. The van der Waals surface area contributed by atoms with Crippen molar-refractivity contribution >= 4 is 40.8 Å². The number of ether oxygens (including phenoxy) is 5. The molecule has 292 valence electrons. The number of aliphatic hydroxyl groups excluding tert-OH is 1. The van der Waals surface area contributed by atoms with Crippen LogP contribution >= 0.6 is 0 Å². The average molecular weight is 769 g/mol. The number of carboxylic acid groups (broad SMARTS) is 1. The van der Waals surface area contributed by atoms with Gasteiger partial charge < -0.3 is 59.4 Å². The summed E-state index contributed by atoms with van der Waals surface area (Å²) < 4.78 is 27.2. The molecule has 6 N–H and O–H groups in total. The summed E-state index contributed by atoms with van der Waals surface area (Å²) in [6.07, 6.45) is -5.87. The van der Waals surface area contributed by atoms with Crippen molar-refractivity contribution in [1.29, 1.82) is 0 Å². The number of rotatable bonds is 9. The first-order valence-electron chi connectivity index (χ1n) is 16.6. The number of allylic oxidation sites excluding steroid dienone is 2. The number of ketones is 4. The number of phenolic OH excluding ortho intramolecular Hbond substituents is 2. The maximum Gasteiger partial charge on any atom is 0.344 e. The summed E-state index contributed by atoms with van der Waals surface area (Å²) in [6.45, 7) is 2.20. The van der Waals surface area contributed by atoms with E-state index < -0.39 is 141 Å². The summed E-state index contributed by atoms with van der Waals surface area (Å²) in [5.74, 6) is -9.24. The Morgan fingerprint density at radius 2 is 1.65 bits per heavy atom. The SMILES string of the molecule is COC(=O)c1c(C)cc2c(c1O)C1(O)C(=O)c3cc4c(c(O)c3C(=O)[C@]1(OC)[C@H](O)C2)C(=O)C=C(N[C@H]1O[C@@H](C)[C@H](OC)/C(=N/OCC(=O)O)[C@H]1OC)C4=O. The monoisotopic (exact) mass is 768 g/mol. The number of benzene rings is 2. The van der Waals surface area contributed by atoms with Crippen molar-refractivity contribution in [3.63, 3.8) is 0 Å². The fourth-order valence-electron chi connectivity index (χ4n) is 7.97. The Kier molecular flexibility index (Phi) is 9.91. The van der Waals surface area contributed by atoms with Gasteiger partial charge >= 0.3 is 11.9 Å². The van der Waals surface area contributed by atoms with E-state index in [4.69, 9.17) is 33.6 Å². The Balaban J connectivity index is 1.47. The number of nitrogens with zero attached hydrogens (tertiary/aromatic N) is 1. The maximum atomic E-state index is 14.7. The second-order valence-electron chi connectivity index (χ2n) is 13.2. The molecule has 4 aliphatic rings. The minimum Gasteiger partial charge on any atom is -0.507 e. The molecule has 0 bridgehead atoms. The number of oxime groups is 1. The van der Waals surface area contributed by atoms with Crippen LogP contribution in [0.25, 0.3) is 0 Å². The van der Waals surface area contributed by atoms with E-state index in [2.05, 4.69) is 10.5 Å². The largest absolute Gasteiger partial charge is 0.507 e. The van der Waals surface area contributed by atoms with Gasteiger partial charge in [0.25, 0.3) is 0 Å². The molecule has 2 aromatic rings. The summed E-state index contributed by atoms with van der Waals surface area (Å²) in [5.41, 5.74) is -10.5. The lowest BCUT2D eigenvalue weighted by Crippen LogP contribution is -2.73. The van der Waals surface area contributed by atoms with Crippen molar-refractivity contribution in [3.8, 4) is 11.5 Å². The highest BCUT2D eigenvalue weighted by Crippen LogP contribution is 2.56. The Bertz CT molecular complexity index is 2140. The van der Waals surface area contributed by atoms with Crippen LogP contribution in [0.5, 0.6) is 11.5 Å². The van der Waals surface area contributed by atoms with E-state index in [1.54, 1.807) is 6.92 Å². The number of methoxy groups -OCH3 is 4. The first-order valence-corrected chi connectivity index (χ1v) is 16.6. The second kappa shape index (κ2) is 13.9. The molecule has 7 atom stereocenters. The van der Waals surface area contributed by atoms with Crippen LogP contribution < -0.4 is 5.32 Å². The highest BCUT2D eigenvalue weighted by molar-refractivity contribution is 6.31. The van der Waals surface area contributed by atoms with Gasteiger partial charge in [0.2, 0.25) is 24.0 Å². The molecule has 1 heterocycles. The van der Waals surface area contributed by atoms with Gasteiger partial charge in [0, 0.05) is 50.5 Å². The lowest BCUT2D eigenvalue weighted by Gasteiger charge is -2.52. The van der Waals surface area contributed by atoms with E-state index in [1.165, 1.54) is 27.2 Å². The van der Waals surface area contributed by atoms with Crippen LogP contribution in [0.2, 0.25) is 0 Å². The quantitative estimate of drug-likeness (QED) is 0.143. The van der Waals surface area contributed by atoms with Crippen LogP contribution in [-0.4, -0.2) is 138 Å². The third kappa shape index (κ3) is 5.45. The highest BCUT2D eigenvalue weighted by atomic mass is 16.6. The van der Waals surface area contributed by atoms with Crippen LogP contribution in [0.3, 0.4) is 0 Å². The van der Waals surface area contributed by atoms with E-state index in [9.17, 15) is 49.2 Å². The van der Waals surface area contributed by atoms with E-state index in [1.807, 2.05) is 0 Å². The first kappa shape index (κ1) is 39.1. The number of carboxylic acids is 1. The first-order chi connectivity index (χ1) is 26.0. The fourth-order valence-corrected chi connectivity index (χ4v) is 7.97. The number of aromatic hydroxyl groups is 2. The number of esters is 1. The van der Waals surface area contributed by atoms with Crippen LogP contribution in [0.15, 0.2) is 29.1 Å². The van der Waals surface area contributed by atoms with Crippen molar-refractivity contribution in [3.05, 3.63) is 68.4 Å². The zero-order chi connectivity index (χ0) is 40.5. The summed E-state index contributed by atoms with van der Waals surface area (Å²) >= 11 is 0. The highest BCUT2D eigenvalue weighted by Gasteiger charge is 2.72. The third-order valence-electron chi connectivity index (χ3n) is 10.3. The molecule has 0 aromatic heterocycles. The number of carbonyl (C=O) groups is 6. The van der Waals surface area contributed by atoms with Gasteiger partial charge in [-0.2, -0.15) is 0 Å².